The maximum atomic E-state index is 13.1. The minimum absolute atomic E-state index is 0.0229. The molecule has 0 aromatic heterocycles. The maximum absolute atomic E-state index is 13.1. The van der Waals surface area contributed by atoms with Crippen LogP contribution in [0.4, 0.5) is 5.69 Å². The van der Waals surface area contributed by atoms with Gasteiger partial charge in [-0.15, -0.1) is 0 Å². The van der Waals surface area contributed by atoms with Gasteiger partial charge >= 0.3 is 12.1 Å². The number of esters is 1. The number of hydrogen-bond acceptors (Lipinski definition) is 6. The zero-order valence-corrected chi connectivity index (χ0v) is 17.2. The van der Waals surface area contributed by atoms with Crippen molar-refractivity contribution in [3.8, 4) is 0 Å². The molecule has 1 atom stereocenters. The summed E-state index contributed by atoms with van der Waals surface area (Å²) in [7, 11) is 0. The Morgan fingerprint density at radius 3 is 1.86 bits per heavy atom. The van der Waals surface area contributed by atoms with Crippen LogP contribution in [0, 0.1) is 5.92 Å². The lowest BCUT2D eigenvalue weighted by molar-refractivity contribution is -0.191. The molecule has 0 heterocycles. The Bertz CT molecular complexity index is 812. The van der Waals surface area contributed by atoms with Crippen molar-refractivity contribution in [2.75, 3.05) is 5.32 Å². The minimum Gasteiger partial charge on any atom is -0.461 e. The van der Waals surface area contributed by atoms with Crippen molar-refractivity contribution < 1.29 is 23.9 Å². The van der Waals surface area contributed by atoms with Gasteiger partial charge in [0.05, 0.1) is 6.10 Å². The summed E-state index contributed by atoms with van der Waals surface area (Å²) in [4.78, 5) is 42.2. The lowest BCUT2D eigenvalue weighted by Crippen LogP contribution is -2.54. The monoisotopic (exact) mass is 397 g/mol. The summed E-state index contributed by atoms with van der Waals surface area (Å²) in [6.07, 6.45) is 0.0137. The first-order chi connectivity index (χ1) is 13.8. The van der Waals surface area contributed by atoms with Crippen LogP contribution in [-0.2, 0) is 19.1 Å². The van der Waals surface area contributed by atoms with E-state index < -0.39 is 11.5 Å². The smallest absolute Gasteiger partial charge is 0.373 e. The summed E-state index contributed by atoms with van der Waals surface area (Å²) in [5.41, 5.74) is 0.228. The van der Waals surface area contributed by atoms with E-state index in [2.05, 4.69) is 5.32 Å². The average molecular weight is 397 g/mol. The first-order valence-corrected chi connectivity index (χ1v) is 9.38. The highest BCUT2D eigenvalue weighted by Gasteiger charge is 2.45. The number of carbonyl (C=O) groups excluding carboxylic acids is 4. The van der Waals surface area contributed by atoms with Gasteiger partial charge in [0.2, 0.25) is 0 Å². The largest absolute Gasteiger partial charge is 0.461 e. The van der Waals surface area contributed by atoms with E-state index in [-0.39, 0.29) is 30.4 Å². The molecule has 6 heteroatoms. The zero-order valence-electron chi connectivity index (χ0n) is 17.2. The highest BCUT2D eigenvalue weighted by Crippen LogP contribution is 2.30. The molecule has 0 fully saturated rings. The number of nitrogens with one attached hydrogen (secondary N) is 1. The first-order valence-electron chi connectivity index (χ1n) is 9.38. The van der Waals surface area contributed by atoms with Crippen LogP contribution in [0.3, 0.4) is 0 Å². The zero-order chi connectivity index (χ0) is 21.9. The van der Waals surface area contributed by atoms with E-state index in [1.165, 1.54) is 0 Å². The Kier molecular flexibility index (Phi) is 9.49. The predicted octanol–water partition coefficient (Wildman–Crippen LogP) is 4.13. The van der Waals surface area contributed by atoms with Crippen LogP contribution in [0.25, 0.3) is 0 Å². The topological polar surface area (TPSA) is 89.5 Å². The number of carbonyl (C=O) groups is 2. The fourth-order valence-electron chi connectivity index (χ4n) is 2.83. The van der Waals surface area contributed by atoms with E-state index in [4.69, 9.17) is 14.3 Å². The normalized spacial score (nSPS) is 12.2. The van der Waals surface area contributed by atoms with Crippen LogP contribution in [-0.4, -0.2) is 29.5 Å². The Morgan fingerprint density at radius 2 is 1.41 bits per heavy atom. The fraction of sp³-hybridized carbons (Fsp3) is 0.348. The summed E-state index contributed by atoms with van der Waals surface area (Å²) in [5.74, 6) is -0.652. The second kappa shape index (κ2) is 11.6. The Morgan fingerprint density at radius 1 is 0.931 bits per heavy atom. The summed E-state index contributed by atoms with van der Waals surface area (Å²) in [6, 6.07) is 18.5. The molecular weight excluding hydrogens is 370 g/mol. The quantitative estimate of drug-likeness (QED) is 0.532. The molecule has 2 aromatic rings. The molecule has 2 aromatic carbocycles. The SMILES string of the molecule is CC(C)OC(=O)C(CC(=O)c1ccccc1)(Nc1ccccc1)C(C)C.O=C=O. The molecule has 0 amide bonds. The number of ether oxygens (including phenoxy) is 1. The molecule has 154 valence electrons. The second-order valence-electron chi connectivity index (χ2n) is 7.12. The molecule has 6 nitrogen and oxygen atoms in total. The van der Waals surface area contributed by atoms with Gasteiger partial charge in [0.25, 0.3) is 0 Å². The van der Waals surface area contributed by atoms with Crippen LogP contribution in [0.15, 0.2) is 60.7 Å². The van der Waals surface area contributed by atoms with Crippen molar-refractivity contribution in [3.63, 3.8) is 0 Å². The van der Waals surface area contributed by atoms with Crippen LogP contribution >= 0.6 is 0 Å². The van der Waals surface area contributed by atoms with Gasteiger partial charge in [-0.05, 0) is 31.9 Å². The summed E-state index contributed by atoms with van der Waals surface area (Å²) in [6.45, 7) is 7.47. The number of Topliss-reactive ketones (excluding diaryl/α,β-unsaturated/α-hetero) is 1. The molecule has 0 radical (unpaired) electrons. The van der Waals surface area contributed by atoms with E-state index >= 15 is 0 Å². The van der Waals surface area contributed by atoms with Crippen LogP contribution in [0.2, 0.25) is 0 Å². The Balaban J connectivity index is 0.00000132. The summed E-state index contributed by atoms with van der Waals surface area (Å²) >= 11 is 0. The highest BCUT2D eigenvalue weighted by molar-refractivity contribution is 6.01. The molecule has 0 saturated heterocycles. The molecule has 0 saturated carbocycles. The lowest BCUT2D eigenvalue weighted by atomic mass is 9.80. The maximum Gasteiger partial charge on any atom is 0.373 e. The molecule has 0 aliphatic heterocycles. The van der Waals surface area contributed by atoms with E-state index in [1.54, 1.807) is 12.1 Å². The number of ketones is 1. The molecule has 0 aliphatic carbocycles. The van der Waals surface area contributed by atoms with Gasteiger partial charge in [0.1, 0.15) is 5.54 Å². The van der Waals surface area contributed by atoms with Gasteiger partial charge in [0.15, 0.2) is 5.78 Å². The third kappa shape index (κ3) is 7.01. The third-order valence-corrected chi connectivity index (χ3v) is 4.37. The number of para-hydroxylation sites is 1. The average Bonchev–Trinajstić information content (AvgIpc) is 2.68. The van der Waals surface area contributed by atoms with Gasteiger partial charge in [-0.2, -0.15) is 9.59 Å². The second-order valence-corrected chi connectivity index (χ2v) is 7.12. The standard InChI is InChI=1S/C22H27NO3.CO2/c1-16(2)22(21(25)26-17(3)4,23-19-13-9-6-10-14-19)15-20(24)18-11-7-5-8-12-18;2-1-3/h5-14,16-17,23H,15H2,1-4H3;. The minimum atomic E-state index is -1.14. The van der Waals surface area contributed by atoms with Crippen LogP contribution in [0.5, 0.6) is 0 Å². The van der Waals surface area contributed by atoms with E-state index in [9.17, 15) is 9.59 Å². The molecular formula is C23H27NO5. The highest BCUT2D eigenvalue weighted by atomic mass is 16.5. The summed E-state index contributed by atoms with van der Waals surface area (Å²) in [5, 5.41) is 3.30. The molecule has 29 heavy (non-hydrogen) atoms. The third-order valence-electron chi connectivity index (χ3n) is 4.37. The van der Waals surface area contributed by atoms with Crippen molar-refractivity contribution in [3.05, 3.63) is 66.2 Å². The molecule has 1 unspecified atom stereocenters. The van der Waals surface area contributed by atoms with Crippen molar-refractivity contribution in [1.82, 2.24) is 0 Å². The van der Waals surface area contributed by atoms with Gasteiger partial charge in [-0.1, -0.05) is 62.4 Å². The van der Waals surface area contributed by atoms with Crippen molar-refractivity contribution in [1.29, 1.82) is 0 Å². The van der Waals surface area contributed by atoms with Gasteiger partial charge in [-0.25, -0.2) is 4.79 Å². The molecule has 0 bridgehead atoms. The van der Waals surface area contributed by atoms with E-state index in [0.29, 0.717) is 5.56 Å². The van der Waals surface area contributed by atoms with Gasteiger partial charge < -0.3 is 10.1 Å². The van der Waals surface area contributed by atoms with Crippen molar-refractivity contribution >= 4 is 23.6 Å². The lowest BCUT2D eigenvalue weighted by Gasteiger charge is -2.37. The van der Waals surface area contributed by atoms with Gasteiger partial charge in [0, 0.05) is 17.7 Å². The molecule has 2 rings (SSSR count). The van der Waals surface area contributed by atoms with Crippen LogP contribution < -0.4 is 5.32 Å². The number of anilines is 1. The van der Waals surface area contributed by atoms with Gasteiger partial charge in [-0.3, -0.25) is 4.79 Å². The molecule has 1 N–H and O–H groups in total. The van der Waals surface area contributed by atoms with Crippen LogP contribution in [0.1, 0.15) is 44.5 Å². The molecule has 0 spiro atoms. The predicted molar refractivity (Wildman–Crippen MR) is 109 cm³/mol. The molecule has 0 aliphatic rings. The summed E-state index contributed by atoms with van der Waals surface area (Å²) < 4.78 is 5.53. The number of benzene rings is 2. The van der Waals surface area contributed by atoms with E-state index in [0.717, 1.165) is 5.69 Å². The first kappa shape index (κ1) is 23.8. The number of rotatable bonds is 8. The Hall–Kier alpha value is -3.24. The van der Waals surface area contributed by atoms with E-state index in [1.807, 2.05) is 76.2 Å². The fourth-order valence-corrected chi connectivity index (χ4v) is 2.83. The van der Waals surface area contributed by atoms with Crippen molar-refractivity contribution in [2.24, 2.45) is 5.92 Å². The Labute approximate surface area is 171 Å². The number of hydrogen-bond donors (Lipinski definition) is 1. The van der Waals surface area contributed by atoms with Crippen molar-refractivity contribution in [2.45, 2.75) is 45.8 Å².